The van der Waals surface area contributed by atoms with Crippen LogP contribution in [0.5, 0.6) is 0 Å². The van der Waals surface area contributed by atoms with Crippen molar-refractivity contribution in [3.8, 4) is 0 Å². The monoisotopic (exact) mass is 292 g/mol. The van der Waals surface area contributed by atoms with Crippen LogP contribution in [-0.4, -0.2) is 16.1 Å². The van der Waals surface area contributed by atoms with E-state index in [1.54, 1.807) is 42.5 Å². The van der Waals surface area contributed by atoms with Crippen molar-refractivity contribution < 1.29 is 10.0 Å². The van der Waals surface area contributed by atoms with Crippen LogP contribution in [0, 0.1) is 0 Å². The Kier molecular flexibility index (Phi) is 3.51. The average molecular weight is 293 g/mol. The summed E-state index contributed by atoms with van der Waals surface area (Å²) in [6, 6.07) is 11.8. The number of halogens is 1. The molecule has 1 amide bonds. The second-order valence-electron chi connectivity index (χ2n) is 3.32. The Hall–Kier alpha value is -1.72. The molecule has 0 aliphatic rings. The van der Waals surface area contributed by atoms with Crippen molar-refractivity contribution in [2.45, 2.75) is 0 Å². The molecule has 0 unspecified atom stereocenters. The van der Waals surface area contributed by atoms with E-state index in [4.69, 9.17) is 0 Å². The zero-order chi connectivity index (χ0) is 12.3. The Bertz CT molecular complexity index is 514. The molecule has 0 spiro atoms. The first-order chi connectivity index (χ1) is 8.18. The van der Waals surface area contributed by atoms with Crippen LogP contribution in [0.25, 0.3) is 0 Å². The highest BCUT2D eigenvalue weighted by atomic mass is 79.9. The van der Waals surface area contributed by atoms with Crippen LogP contribution in [0.2, 0.25) is 0 Å². The molecular weight excluding hydrogens is 284 g/mol. The van der Waals surface area contributed by atoms with Gasteiger partial charge in [0.15, 0.2) is 0 Å². The highest BCUT2D eigenvalue weighted by Gasteiger charge is 2.15. The fourth-order valence-corrected chi connectivity index (χ4v) is 1.55. The lowest BCUT2D eigenvalue weighted by Gasteiger charge is -2.14. The number of hydroxylamine groups is 1. The van der Waals surface area contributed by atoms with E-state index in [0.29, 0.717) is 20.9 Å². The number of pyridine rings is 1. The zero-order valence-corrected chi connectivity index (χ0v) is 10.3. The quantitative estimate of drug-likeness (QED) is 0.526. The summed E-state index contributed by atoms with van der Waals surface area (Å²) in [6.45, 7) is 0. The van der Waals surface area contributed by atoms with Crippen molar-refractivity contribution in [3.63, 3.8) is 0 Å². The topological polar surface area (TPSA) is 53.4 Å². The van der Waals surface area contributed by atoms with Crippen LogP contribution in [0.15, 0.2) is 53.3 Å². The van der Waals surface area contributed by atoms with E-state index >= 15 is 0 Å². The number of benzene rings is 1. The third-order valence-corrected chi connectivity index (χ3v) is 2.64. The van der Waals surface area contributed by atoms with Crippen LogP contribution >= 0.6 is 15.9 Å². The lowest BCUT2D eigenvalue weighted by atomic mass is 10.2. The van der Waals surface area contributed by atoms with Gasteiger partial charge in [-0.05, 0) is 40.2 Å². The lowest BCUT2D eigenvalue weighted by molar-refractivity contribution is 0.0854. The minimum absolute atomic E-state index is 0.321. The summed E-state index contributed by atoms with van der Waals surface area (Å²) in [7, 11) is 0. The number of anilines is 1. The Labute approximate surface area is 107 Å². The largest absolute Gasteiger partial charge is 0.282 e. The first-order valence-corrected chi connectivity index (χ1v) is 5.68. The first-order valence-electron chi connectivity index (χ1n) is 4.88. The number of hydrogen-bond acceptors (Lipinski definition) is 3. The van der Waals surface area contributed by atoms with Crippen LogP contribution in [-0.2, 0) is 0 Å². The lowest BCUT2D eigenvalue weighted by Crippen LogP contribution is -2.26. The summed E-state index contributed by atoms with van der Waals surface area (Å²) in [4.78, 5) is 15.8. The SMILES string of the molecule is O=C(c1ccccc1)N(O)c1ccc(Br)nc1. The summed E-state index contributed by atoms with van der Waals surface area (Å²) in [5.41, 5.74) is 0.736. The van der Waals surface area contributed by atoms with E-state index in [2.05, 4.69) is 20.9 Å². The second kappa shape index (κ2) is 5.07. The third kappa shape index (κ3) is 2.69. The van der Waals surface area contributed by atoms with Crippen LogP contribution < -0.4 is 5.06 Å². The summed E-state index contributed by atoms with van der Waals surface area (Å²) in [5, 5.41) is 10.3. The Morgan fingerprint density at radius 1 is 1.18 bits per heavy atom. The van der Waals surface area contributed by atoms with Crippen LogP contribution in [0.3, 0.4) is 0 Å². The number of rotatable bonds is 2. The summed E-state index contributed by atoms with van der Waals surface area (Å²) in [5.74, 6) is -0.491. The van der Waals surface area contributed by atoms with Gasteiger partial charge in [-0.2, -0.15) is 5.06 Å². The molecule has 2 rings (SSSR count). The van der Waals surface area contributed by atoms with Crippen molar-refractivity contribution in [1.82, 2.24) is 4.98 Å². The molecule has 17 heavy (non-hydrogen) atoms. The smallest absolute Gasteiger partial charge is 0.281 e. The van der Waals surface area contributed by atoms with Gasteiger partial charge in [0.25, 0.3) is 5.91 Å². The molecule has 5 heteroatoms. The third-order valence-electron chi connectivity index (χ3n) is 2.17. The van der Waals surface area contributed by atoms with E-state index < -0.39 is 5.91 Å². The van der Waals surface area contributed by atoms with Gasteiger partial charge in [-0.25, -0.2) is 4.98 Å². The molecule has 4 nitrogen and oxygen atoms in total. The number of amides is 1. The highest BCUT2D eigenvalue weighted by Crippen LogP contribution is 2.16. The summed E-state index contributed by atoms with van der Waals surface area (Å²) < 4.78 is 0.641. The van der Waals surface area contributed by atoms with Crippen LogP contribution in [0.1, 0.15) is 10.4 Å². The van der Waals surface area contributed by atoms with Gasteiger partial charge in [0.05, 0.1) is 11.9 Å². The standard InChI is InChI=1S/C12H9BrN2O2/c13-11-7-6-10(8-14-11)15(17)12(16)9-4-2-1-3-5-9/h1-8,17H. The van der Waals surface area contributed by atoms with Gasteiger partial charge >= 0.3 is 0 Å². The number of carbonyl (C=O) groups excluding carboxylic acids is 1. The van der Waals surface area contributed by atoms with Crippen LogP contribution in [0.4, 0.5) is 5.69 Å². The molecule has 0 aliphatic carbocycles. The van der Waals surface area contributed by atoms with Gasteiger partial charge in [0.1, 0.15) is 4.60 Å². The number of nitrogens with zero attached hydrogens (tertiary/aromatic N) is 2. The van der Waals surface area contributed by atoms with Crippen molar-refractivity contribution in [3.05, 3.63) is 58.8 Å². The van der Waals surface area contributed by atoms with Gasteiger partial charge in [-0.1, -0.05) is 18.2 Å². The molecule has 1 aromatic heterocycles. The summed E-state index contributed by atoms with van der Waals surface area (Å²) in [6.07, 6.45) is 1.41. The minimum atomic E-state index is -0.491. The Balaban J connectivity index is 2.23. The molecule has 0 radical (unpaired) electrons. The van der Waals surface area contributed by atoms with Crippen molar-refractivity contribution in [2.75, 3.05) is 5.06 Å². The molecule has 1 heterocycles. The molecule has 0 saturated heterocycles. The van der Waals surface area contributed by atoms with E-state index in [0.717, 1.165) is 0 Å². The van der Waals surface area contributed by atoms with Gasteiger partial charge in [-0.15, -0.1) is 0 Å². The van der Waals surface area contributed by atoms with Gasteiger partial charge in [0.2, 0.25) is 0 Å². The van der Waals surface area contributed by atoms with Crippen molar-refractivity contribution in [1.29, 1.82) is 0 Å². The molecule has 2 aromatic rings. The summed E-state index contributed by atoms with van der Waals surface area (Å²) >= 11 is 3.18. The van der Waals surface area contributed by atoms with E-state index in [9.17, 15) is 10.0 Å². The average Bonchev–Trinajstić information content (AvgIpc) is 2.39. The maximum Gasteiger partial charge on any atom is 0.282 e. The molecule has 1 aromatic carbocycles. The van der Waals surface area contributed by atoms with E-state index in [-0.39, 0.29) is 0 Å². The Morgan fingerprint density at radius 3 is 2.47 bits per heavy atom. The maximum absolute atomic E-state index is 11.9. The molecule has 0 bridgehead atoms. The molecule has 0 fully saturated rings. The number of aromatic nitrogens is 1. The zero-order valence-electron chi connectivity index (χ0n) is 8.75. The van der Waals surface area contributed by atoms with E-state index in [1.807, 2.05) is 0 Å². The normalized spacial score (nSPS) is 10.0. The number of carbonyl (C=O) groups is 1. The fraction of sp³-hybridized carbons (Fsp3) is 0. The fourth-order valence-electron chi connectivity index (χ4n) is 1.31. The molecule has 0 atom stereocenters. The first kappa shape index (κ1) is 11.8. The van der Waals surface area contributed by atoms with Crippen molar-refractivity contribution >= 4 is 27.5 Å². The maximum atomic E-state index is 11.9. The highest BCUT2D eigenvalue weighted by molar-refractivity contribution is 9.10. The van der Waals surface area contributed by atoms with Gasteiger partial charge in [-0.3, -0.25) is 10.0 Å². The molecule has 1 N–H and O–H groups in total. The molecular formula is C12H9BrN2O2. The minimum Gasteiger partial charge on any atom is -0.281 e. The Morgan fingerprint density at radius 2 is 1.88 bits per heavy atom. The molecule has 86 valence electrons. The van der Waals surface area contributed by atoms with Gasteiger partial charge in [0, 0.05) is 5.56 Å². The number of hydrogen-bond donors (Lipinski definition) is 1. The van der Waals surface area contributed by atoms with E-state index in [1.165, 1.54) is 6.20 Å². The molecule has 0 aliphatic heterocycles. The predicted molar refractivity (Wildman–Crippen MR) is 67.0 cm³/mol. The van der Waals surface area contributed by atoms with Gasteiger partial charge < -0.3 is 0 Å². The molecule has 0 saturated carbocycles. The van der Waals surface area contributed by atoms with Crippen molar-refractivity contribution in [2.24, 2.45) is 0 Å². The second-order valence-corrected chi connectivity index (χ2v) is 4.13. The predicted octanol–water partition coefficient (Wildman–Crippen LogP) is 2.88.